The number of carboxylic acids is 1. The summed E-state index contributed by atoms with van der Waals surface area (Å²) in [5, 5.41) is 8.75. The van der Waals surface area contributed by atoms with Crippen LogP contribution < -0.4 is 4.74 Å². The van der Waals surface area contributed by atoms with Crippen LogP contribution in [0.2, 0.25) is 0 Å². The molecule has 2 rings (SSSR count). The molecule has 1 aliphatic heterocycles. The van der Waals surface area contributed by atoms with Crippen LogP contribution in [-0.2, 0) is 15.9 Å². The summed E-state index contributed by atoms with van der Waals surface area (Å²) in [6.45, 7) is 0.137. The van der Waals surface area contributed by atoms with Gasteiger partial charge in [-0.1, -0.05) is 0 Å². The number of pyridine rings is 1. The van der Waals surface area contributed by atoms with E-state index in [1.54, 1.807) is 0 Å². The molecule has 1 aromatic heterocycles. The molecular formula is C10H11NO5. The maximum atomic E-state index is 10.7. The average molecular weight is 225 g/mol. The maximum Gasteiger partial charge on any atom is 0.354 e. The minimum Gasteiger partial charge on any atom is -0.477 e. The van der Waals surface area contributed by atoms with Crippen molar-refractivity contribution in [2.75, 3.05) is 13.9 Å². The van der Waals surface area contributed by atoms with Crippen molar-refractivity contribution in [3.05, 3.63) is 23.5 Å². The van der Waals surface area contributed by atoms with Gasteiger partial charge in [-0.3, -0.25) is 0 Å². The fourth-order valence-electron chi connectivity index (χ4n) is 1.44. The first-order valence-electron chi connectivity index (χ1n) is 4.70. The van der Waals surface area contributed by atoms with Crippen LogP contribution in [0.3, 0.4) is 0 Å². The zero-order valence-corrected chi connectivity index (χ0v) is 8.67. The third-order valence-electron chi connectivity index (χ3n) is 2.18. The van der Waals surface area contributed by atoms with Crippen LogP contribution in [0.1, 0.15) is 16.1 Å². The fourth-order valence-corrected chi connectivity index (χ4v) is 1.44. The minimum absolute atomic E-state index is 0.0360. The number of carbonyl (C=O) groups is 1. The van der Waals surface area contributed by atoms with Gasteiger partial charge in [-0.25, -0.2) is 9.78 Å². The molecule has 1 aromatic rings. The largest absolute Gasteiger partial charge is 0.477 e. The van der Waals surface area contributed by atoms with Gasteiger partial charge < -0.3 is 19.3 Å². The van der Waals surface area contributed by atoms with Crippen molar-refractivity contribution in [1.82, 2.24) is 4.98 Å². The molecule has 0 saturated heterocycles. The van der Waals surface area contributed by atoms with E-state index in [1.165, 1.54) is 19.4 Å². The van der Waals surface area contributed by atoms with E-state index >= 15 is 0 Å². The summed E-state index contributed by atoms with van der Waals surface area (Å²) < 4.78 is 15.4. The van der Waals surface area contributed by atoms with Gasteiger partial charge in [-0.15, -0.1) is 0 Å². The second-order valence-electron chi connectivity index (χ2n) is 3.31. The smallest absolute Gasteiger partial charge is 0.354 e. The van der Waals surface area contributed by atoms with Crippen LogP contribution in [0.15, 0.2) is 12.3 Å². The highest BCUT2D eigenvalue weighted by atomic mass is 16.7. The van der Waals surface area contributed by atoms with Gasteiger partial charge in [-0.2, -0.15) is 0 Å². The minimum atomic E-state index is -1.08. The van der Waals surface area contributed by atoms with E-state index in [4.69, 9.17) is 19.3 Å². The van der Waals surface area contributed by atoms with Crippen molar-refractivity contribution in [3.63, 3.8) is 0 Å². The van der Waals surface area contributed by atoms with Gasteiger partial charge in [-0.05, 0) is 0 Å². The predicted octanol–water partition coefficient (Wildman–Crippen LogP) is 0.661. The van der Waals surface area contributed by atoms with E-state index < -0.39 is 12.3 Å². The van der Waals surface area contributed by atoms with Crippen LogP contribution in [-0.4, -0.2) is 36.3 Å². The molecule has 0 amide bonds. The summed E-state index contributed by atoms with van der Waals surface area (Å²) in [6, 6.07) is 1.40. The van der Waals surface area contributed by atoms with E-state index in [2.05, 4.69) is 4.98 Å². The monoisotopic (exact) mass is 225 g/mol. The molecule has 0 fully saturated rings. The first kappa shape index (κ1) is 10.8. The molecule has 1 atom stereocenters. The lowest BCUT2D eigenvalue weighted by atomic mass is 10.2. The summed E-state index contributed by atoms with van der Waals surface area (Å²) in [5.74, 6) is -0.568. The number of carboxylic acid groups (broad SMARTS) is 1. The maximum absolute atomic E-state index is 10.7. The predicted molar refractivity (Wildman–Crippen MR) is 52.3 cm³/mol. The number of aromatic nitrogens is 1. The quantitative estimate of drug-likeness (QED) is 0.758. The Balaban J connectivity index is 2.09. The van der Waals surface area contributed by atoms with Crippen LogP contribution >= 0.6 is 0 Å². The van der Waals surface area contributed by atoms with Gasteiger partial charge in [0.2, 0.25) is 6.29 Å². The average Bonchev–Trinajstić information content (AvgIpc) is 2.67. The van der Waals surface area contributed by atoms with E-state index in [1.807, 2.05) is 0 Å². The van der Waals surface area contributed by atoms with Crippen molar-refractivity contribution in [2.45, 2.75) is 12.7 Å². The molecule has 1 unspecified atom stereocenters. The van der Waals surface area contributed by atoms with Crippen molar-refractivity contribution in [2.24, 2.45) is 0 Å². The molecule has 86 valence electrons. The number of rotatable bonds is 4. The highest BCUT2D eigenvalue weighted by Gasteiger charge is 2.25. The lowest BCUT2D eigenvalue weighted by Gasteiger charge is -2.10. The van der Waals surface area contributed by atoms with Crippen molar-refractivity contribution in [1.29, 1.82) is 0 Å². The Bertz CT molecular complexity index is 406. The zero-order chi connectivity index (χ0) is 11.5. The van der Waals surface area contributed by atoms with Crippen LogP contribution in [0, 0.1) is 0 Å². The Labute approximate surface area is 91.8 Å². The summed E-state index contributed by atoms with van der Waals surface area (Å²) >= 11 is 0. The standard InChI is InChI=1S/C10H11NO5/c1-14-5-15-9-2-6-4-11-7(10(12)13)3-8(6)16-9/h3-4,9H,2,5H2,1H3,(H,12,13). The lowest BCUT2D eigenvalue weighted by Crippen LogP contribution is -2.18. The van der Waals surface area contributed by atoms with Gasteiger partial charge in [0.05, 0.1) is 0 Å². The first-order valence-corrected chi connectivity index (χ1v) is 4.70. The normalized spacial score (nSPS) is 17.9. The molecule has 1 aliphatic rings. The Morgan fingerprint density at radius 1 is 1.75 bits per heavy atom. The highest BCUT2D eigenvalue weighted by Crippen LogP contribution is 2.29. The fraction of sp³-hybridized carbons (Fsp3) is 0.400. The summed E-state index contributed by atoms with van der Waals surface area (Å²) in [5.41, 5.74) is 0.803. The van der Waals surface area contributed by atoms with Crippen molar-refractivity contribution >= 4 is 5.97 Å². The number of ether oxygens (including phenoxy) is 3. The number of methoxy groups -OCH3 is 1. The molecule has 6 heteroatoms. The summed E-state index contributed by atoms with van der Waals surface area (Å²) in [4.78, 5) is 14.5. The van der Waals surface area contributed by atoms with Crippen molar-refractivity contribution < 1.29 is 24.1 Å². The number of aromatic carboxylic acids is 1. The number of hydrogen-bond acceptors (Lipinski definition) is 5. The summed E-state index contributed by atoms with van der Waals surface area (Å²) in [6.07, 6.45) is 1.61. The van der Waals surface area contributed by atoms with Crippen molar-refractivity contribution in [3.8, 4) is 5.75 Å². The third-order valence-corrected chi connectivity index (χ3v) is 2.18. The Morgan fingerprint density at radius 2 is 2.56 bits per heavy atom. The van der Waals surface area contributed by atoms with E-state index in [9.17, 15) is 4.79 Å². The number of fused-ring (bicyclic) bond motifs is 1. The van der Waals surface area contributed by atoms with Crippen LogP contribution in [0.5, 0.6) is 5.75 Å². The molecule has 0 bridgehead atoms. The Hall–Kier alpha value is -1.66. The van der Waals surface area contributed by atoms with Crippen LogP contribution in [0.4, 0.5) is 0 Å². The Kier molecular flexibility index (Phi) is 3.02. The first-order chi connectivity index (χ1) is 7.70. The molecule has 6 nitrogen and oxygen atoms in total. The molecule has 0 aliphatic carbocycles. The SMILES string of the molecule is COCOC1Cc2cnc(C(=O)O)cc2O1. The van der Waals surface area contributed by atoms with Gasteiger partial charge in [0, 0.05) is 31.4 Å². The van der Waals surface area contributed by atoms with Gasteiger partial charge in [0.25, 0.3) is 0 Å². The molecular weight excluding hydrogens is 214 g/mol. The topological polar surface area (TPSA) is 77.9 Å². The lowest BCUT2D eigenvalue weighted by molar-refractivity contribution is -0.137. The molecule has 0 spiro atoms. The van der Waals surface area contributed by atoms with Gasteiger partial charge in [0.15, 0.2) is 12.5 Å². The zero-order valence-electron chi connectivity index (χ0n) is 8.67. The van der Waals surface area contributed by atoms with Gasteiger partial charge in [0.1, 0.15) is 5.75 Å². The number of nitrogens with zero attached hydrogens (tertiary/aromatic N) is 1. The highest BCUT2D eigenvalue weighted by molar-refractivity contribution is 5.85. The molecule has 0 saturated carbocycles. The van der Waals surface area contributed by atoms with E-state index in [0.29, 0.717) is 12.2 Å². The Morgan fingerprint density at radius 3 is 3.25 bits per heavy atom. The van der Waals surface area contributed by atoms with Gasteiger partial charge >= 0.3 is 5.97 Å². The molecule has 0 radical (unpaired) electrons. The summed E-state index contributed by atoms with van der Waals surface area (Å²) in [7, 11) is 1.52. The molecule has 2 heterocycles. The molecule has 16 heavy (non-hydrogen) atoms. The second-order valence-corrected chi connectivity index (χ2v) is 3.31. The van der Waals surface area contributed by atoms with E-state index in [0.717, 1.165) is 5.56 Å². The third kappa shape index (κ3) is 2.12. The molecule has 0 aromatic carbocycles. The van der Waals surface area contributed by atoms with E-state index in [-0.39, 0.29) is 12.5 Å². The number of hydrogen-bond donors (Lipinski definition) is 1. The van der Waals surface area contributed by atoms with Crippen LogP contribution in [0.25, 0.3) is 0 Å². The second kappa shape index (κ2) is 4.46. The molecule has 1 N–H and O–H groups in total.